The van der Waals surface area contributed by atoms with Crippen LogP contribution in [0.1, 0.15) is 23.2 Å². The van der Waals surface area contributed by atoms with E-state index in [1.54, 1.807) is 23.0 Å². The number of nitrogens with zero attached hydrogens (tertiary/aromatic N) is 3. The molecule has 168 valence electrons. The van der Waals surface area contributed by atoms with Crippen LogP contribution in [0.4, 0.5) is 0 Å². The molecule has 33 heavy (non-hydrogen) atoms. The maximum Gasteiger partial charge on any atom is 0.268 e. The van der Waals surface area contributed by atoms with Crippen LogP contribution in [-0.2, 0) is 12.2 Å². The molecule has 0 atom stereocenters. The predicted octanol–water partition coefficient (Wildman–Crippen LogP) is 4.92. The fraction of sp³-hybridized carbons (Fsp3) is 0.217. The minimum Gasteiger partial charge on any atom is -0.497 e. The zero-order valence-electron chi connectivity index (χ0n) is 18.2. The van der Waals surface area contributed by atoms with Crippen molar-refractivity contribution in [2.24, 2.45) is 0 Å². The SMILES string of the molecule is CCc1sc2nc(SCc3nc4ccsc4c(=O)[nH]3)n(-c3cccc(OC)c3)c(=O)c2c1C. The van der Waals surface area contributed by atoms with Crippen LogP contribution in [0.25, 0.3) is 26.1 Å². The van der Waals surface area contributed by atoms with Crippen molar-refractivity contribution in [1.29, 1.82) is 0 Å². The number of fused-ring (bicyclic) bond motifs is 2. The van der Waals surface area contributed by atoms with E-state index in [0.29, 0.717) is 43.8 Å². The molecule has 4 heterocycles. The highest BCUT2D eigenvalue weighted by atomic mass is 32.2. The second kappa shape index (κ2) is 8.77. The molecule has 1 aromatic carbocycles. The molecular weight excluding hydrogens is 476 g/mol. The Balaban J connectivity index is 1.65. The number of benzene rings is 1. The van der Waals surface area contributed by atoms with Crippen molar-refractivity contribution in [3.05, 3.63) is 72.7 Å². The number of H-pyrrole nitrogens is 1. The Hall–Kier alpha value is -2.95. The normalized spacial score (nSPS) is 11.5. The molecule has 4 aromatic heterocycles. The van der Waals surface area contributed by atoms with Crippen LogP contribution in [0.5, 0.6) is 5.75 Å². The number of ether oxygens (including phenoxy) is 1. The summed E-state index contributed by atoms with van der Waals surface area (Å²) < 4.78 is 7.61. The Morgan fingerprint density at radius 1 is 1.21 bits per heavy atom. The van der Waals surface area contributed by atoms with E-state index in [2.05, 4.69) is 16.9 Å². The van der Waals surface area contributed by atoms with Crippen molar-refractivity contribution in [3.63, 3.8) is 0 Å². The number of aromatic amines is 1. The number of aryl methyl sites for hydroxylation is 2. The first-order valence-electron chi connectivity index (χ1n) is 10.3. The maximum atomic E-state index is 13.7. The zero-order valence-corrected chi connectivity index (χ0v) is 20.6. The number of hydrogen-bond acceptors (Lipinski definition) is 8. The topological polar surface area (TPSA) is 89.9 Å². The summed E-state index contributed by atoms with van der Waals surface area (Å²) in [5.41, 5.74) is 2.07. The molecule has 0 aliphatic carbocycles. The molecule has 0 aliphatic rings. The van der Waals surface area contributed by atoms with E-state index >= 15 is 0 Å². The van der Waals surface area contributed by atoms with Crippen molar-refractivity contribution >= 4 is 54.9 Å². The molecule has 1 N–H and O–H groups in total. The van der Waals surface area contributed by atoms with Gasteiger partial charge < -0.3 is 9.72 Å². The number of thiophene rings is 2. The van der Waals surface area contributed by atoms with E-state index in [0.717, 1.165) is 21.7 Å². The van der Waals surface area contributed by atoms with E-state index in [-0.39, 0.29) is 11.1 Å². The summed E-state index contributed by atoms with van der Waals surface area (Å²) in [5, 5.41) is 3.04. The van der Waals surface area contributed by atoms with Gasteiger partial charge in [0.25, 0.3) is 11.1 Å². The summed E-state index contributed by atoms with van der Waals surface area (Å²) in [5.74, 6) is 1.56. The number of nitrogens with one attached hydrogen (secondary N) is 1. The van der Waals surface area contributed by atoms with Gasteiger partial charge in [0.05, 0.1) is 29.5 Å². The van der Waals surface area contributed by atoms with Crippen LogP contribution in [0.3, 0.4) is 0 Å². The lowest BCUT2D eigenvalue weighted by molar-refractivity contribution is 0.414. The first-order chi connectivity index (χ1) is 16.0. The van der Waals surface area contributed by atoms with Gasteiger partial charge in [0, 0.05) is 10.9 Å². The Morgan fingerprint density at radius 3 is 2.85 bits per heavy atom. The van der Waals surface area contributed by atoms with Gasteiger partial charge in [-0.2, -0.15) is 0 Å². The van der Waals surface area contributed by atoms with Crippen molar-refractivity contribution in [2.75, 3.05) is 7.11 Å². The Kier molecular flexibility index (Phi) is 5.81. The number of aromatic nitrogens is 4. The Labute approximate surface area is 201 Å². The summed E-state index contributed by atoms with van der Waals surface area (Å²) in [6.45, 7) is 4.06. The van der Waals surface area contributed by atoms with Crippen molar-refractivity contribution < 1.29 is 4.74 Å². The van der Waals surface area contributed by atoms with Gasteiger partial charge in [-0.25, -0.2) is 9.97 Å². The van der Waals surface area contributed by atoms with Crippen molar-refractivity contribution in [2.45, 2.75) is 31.2 Å². The summed E-state index contributed by atoms with van der Waals surface area (Å²) >= 11 is 4.29. The van der Waals surface area contributed by atoms with Gasteiger partial charge in [0.1, 0.15) is 21.1 Å². The average molecular weight is 497 g/mol. The molecule has 0 radical (unpaired) electrons. The van der Waals surface area contributed by atoms with Crippen LogP contribution in [0.15, 0.2) is 50.5 Å². The average Bonchev–Trinajstić information content (AvgIpc) is 3.42. The highest BCUT2D eigenvalue weighted by molar-refractivity contribution is 7.98. The van der Waals surface area contributed by atoms with Crippen molar-refractivity contribution in [3.8, 4) is 11.4 Å². The van der Waals surface area contributed by atoms with Gasteiger partial charge in [-0.1, -0.05) is 24.8 Å². The lowest BCUT2D eigenvalue weighted by Crippen LogP contribution is -2.22. The number of thioether (sulfide) groups is 1. The minimum atomic E-state index is -0.152. The molecule has 0 fully saturated rings. The van der Waals surface area contributed by atoms with E-state index in [4.69, 9.17) is 9.72 Å². The molecule has 0 bridgehead atoms. The number of methoxy groups -OCH3 is 1. The second-order valence-corrected chi connectivity index (χ2v) is 10.3. The third-order valence-corrected chi connectivity index (χ3v) is 8.55. The lowest BCUT2D eigenvalue weighted by Gasteiger charge is -2.13. The Bertz CT molecular complexity index is 1610. The summed E-state index contributed by atoms with van der Waals surface area (Å²) in [6, 6.07) is 9.20. The Morgan fingerprint density at radius 2 is 2.06 bits per heavy atom. The monoisotopic (exact) mass is 496 g/mol. The number of hydrogen-bond donors (Lipinski definition) is 1. The van der Waals surface area contributed by atoms with Crippen LogP contribution in [0.2, 0.25) is 0 Å². The molecule has 5 aromatic rings. The first-order valence-corrected chi connectivity index (χ1v) is 13.0. The van der Waals surface area contributed by atoms with Gasteiger partial charge in [-0.05, 0) is 42.5 Å². The molecule has 10 heteroatoms. The smallest absolute Gasteiger partial charge is 0.268 e. The van der Waals surface area contributed by atoms with Crippen LogP contribution < -0.4 is 15.9 Å². The van der Waals surface area contributed by atoms with E-state index in [9.17, 15) is 9.59 Å². The predicted molar refractivity (Wildman–Crippen MR) is 136 cm³/mol. The van der Waals surface area contributed by atoms with Gasteiger partial charge in [0.2, 0.25) is 0 Å². The van der Waals surface area contributed by atoms with E-state index in [1.165, 1.54) is 23.1 Å². The fourth-order valence-corrected chi connectivity index (χ4v) is 6.51. The quantitative estimate of drug-likeness (QED) is 0.265. The van der Waals surface area contributed by atoms with E-state index in [1.807, 2.05) is 42.6 Å². The van der Waals surface area contributed by atoms with Crippen LogP contribution in [0, 0.1) is 6.92 Å². The van der Waals surface area contributed by atoms with Gasteiger partial charge in [-0.15, -0.1) is 22.7 Å². The minimum absolute atomic E-state index is 0.112. The summed E-state index contributed by atoms with van der Waals surface area (Å²) in [4.78, 5) is 40.2. The van der Waals surface area contributed by atoms with Crippen LogP contribution in [-0.4, -0.2) is 26.6 Å². The third kappa shape index (κ3) is 3.88. The van der Waals surface area contributed by atoms with E-state index < -0.39 is 0 Å². The molecule has 0 amide bonds. The van der Waals surface area contributed by atoms with Gasteiger partial charge in [0.15, 0.2) is 5.16 Å². The first kappa shape index (κ1) is 21.9. The molecule has 7 nitrogen and oxygen atoms in total. The molecule has 0 unspecified atom stereocenters. The maximum absolute atomic E-state index is 13.7. The third-order valence-electron chi connectivity index (χ3n) is 5.37. The van der Waals surface area contributed by atoms with Gasteiger partial charge >= 0.3 is 0 Å². The molecular formula is C23H20N4O3S3. The van der Waals surface area contributed by atoms with Crippen molar-refractivity contribution in [1.82, 2.24) is 19.5 Å². The molecule has 0 spiro atoms. The highest BCUT2D eigenvalue weighted by Crippen LogP contribution is 2.31. The highest BCUT2D eigenvalue weighted by Gasteiger charge is 2.19. The lowest BCUT2D eigenvalue weighted by atomic mass is 10.2. The van der Waals surface area contributed by atoms with Gasteiger partial charge in [-0.3, -0.25) is 14.2 Å². The zero-order chi connectivity index (χ0) is 23.1. The standard InChI is InChI=1S/C23H20N4O3S3/c1-4-16-12(2)18-21(33-16)26-23(27(22(18)29)13-6-5-7-14(10-13)30-3)32-11-17-24-15-8-9-31-19(15)20(28)25-17/h5-10H,4,11H2,1-3H3,(H,24,25,28). The molecule has 0 aliphatic heterocycles. The second-order valence-electron chi connectivity index (χ2n) is 7.36. The summed E-state index contributed by atoms with van der Waals surface area (Å²) in [7, 11) is 1.60. The largest absolute Gasteiger partial charge is 0.497 e. The fourth-order valence-electron chi connectivity index (χ4n) is 3.74. The molecule has 0 saturated heterocycles. The number of rotatable bonds is 6. The van der Waals surface area contributed by atoms with Crippen LogP contribution >= 0.6 is 34.4 Å². The summed E-state index contributed by atoms with van der Waals surface area (Å²) in [6.07, 6.45) is 0.847. The molecule has 5 rings (SSSR count). The molecule has 0 saturated carbocycles.